The van der Waals surface area contributed by atoms with E-state index in [0.717, 1.165) is 17.7 Å². The summed E-state index contributed by atoms with van der Waals surface area (Å²) in [4.78, 5) is 11.9. The number of carbonyl (C=O) groups is 1. The van der Waals surface area contributed by atoms with E-state index in [1.807, 2.05) is 36.4 Å². The van der Waals surface area contributed by atoms with Gasteiger partial charge in [0.05, 0.1) is 0 Å². The van der Waals surface area contributed by atoms with Crippen LogP contribution in [0.4, 0.5) is 4.79 Å². The van der Waals surface area contributed by atoms with E-state index in [4.69, 9.17) is 4.74 Å². The molecule has 0 aromatic heterocycles. The Bertz CT molecular complexity index is 475. The van der Waals surface area contributed by atoms with E-state index in [-0.39, 0.29) is 12.0 Å². The summed E-state index contributed by atoms with van der Waals surface area (Å²) in [6.07, 6.45) is 3.95. The molecular formula is C17H23NO2. The third-order valence-electron chi connectivity index (χ3n) is 3.35. The standard InChI is InChI=1S/C17H23NO2/c1-5-10-15(17(3,4)6-2)18-16(19)20-13-14-11-8-7-9-12-14/h5,7-12H,1,6,13H2,2-4H3,(H,18,19)/b15-10+. The number of benzene rings is 1. The second-order valence-corrected chi connectivity index (χ2v) is 5.24. The topological polar surface area (TPSA) is 38.3 Å². The lowest BCUT2D eigenvalue weighted by Gasteiger charge is -2.26. The number of allylic oxidation sites excluding steroid dienone is 3. The summed E-state index contributed by atoms with van der Waals surface area (Å²) < 4.78 is 5.22. The molecule has 1 N–H and O–H groups in total. The zero-order valence-corrected chi connectivity index (χ0v) is 12.5. The minimum Gasteiger partial charge on any atom is -0.444 e. The molecule has 3 heteroatoms. The van der Waals surface area contributed by atoms with Crippen LogP contribution in [0.2, 0.25) is 0 Å². The molecule has 0 saturated carbocycles. The van der Waals surface area contributed by atoms with Crippen LogP contribution in [0, 0.1) is 5.41 Å². The second kappa shape index (κ2) is 7.53. The van der Waals surface area contributed by atoms with Crippen molar-refractivity contribution in [3.63, 3.8) is 0 Å². The average molecular weight is 273 g/mol. The first-order valence-corrected chi connectivity index (χ1v) is 6.80. The highest BCUT2D eigenvalue weighted by Crippen LogP contribution is 2.28. The molecule has 1 aromatic carbocycles. The number of amides is 1. The molecule has 0 aliphatic heterocycles. The van der Waals surface area contributed by atoms with E-state index in [0.29, 0.717) is 0 Å². The first-order chi connectivity index (χ1) is 9.49. The number of ether oxygens (including phenoxy) is 1. The fraction of sp³-hybridized carbons (Fsp3) is 0.353. The van der Waals surface area contributed by atoms with Gasteiger partial charge in [0, 0.05) is 11.1 Å². The molecule has 0 radical (unpaired) electrons. The molecule has 1 rings (SSSR count). The smallest absolute Gasteiger partial charge is 0.411 e. The Labute approximate surface area is 121 Å². The van der Waals surface area contributed by atoms with Crippen LogP contribution >= 0.6 is 0 Å². The molecule has 3 nitrogen and oxygen atoms in total. The van der Waals surface area contributed by atoms with Gasteiger partial charge in [0.25, 0.3) is 0 Å². The van der Waals surface area contributed by atoms with Gasteiger partial charge in [0.1, 0.15) is 6.61 Å². The van der Waals surface area contributed by atoms with Crippen LogP contribution in [0.5, 0.6) is 0 Å². The number of carbonyl (C=O) groups excluding carboxylic acids is 1. The van der Waals surface area contributed by atoms with Gasteiger partial charge in [-0.25, -0.2) is 4.79 Å². The van der Waals surface area contributed by atoms with E-state index < -0.39 is 6.09 Å². The SMILES string of the molecule is C=C/C=C(/NC(=O)OCc1ccccc1)C(C)(C)CC. The third-order valence-corrected chi connectivity index (χ3v) is 3.35. The fourth-order valence-corrected chi connectivity index (χ4v) is 1.61. The minimum atomic E-state index is -0.441. The molecule has 0 aliphatic rings. The number of alkyl carbamates (subject to hydrolysis) is 1. The van der Waals surface area contributed by atoms with Gasteiger partial charge in [-0.15, -0.1) is 0 Å². The minimum absolute atomic E-state index is 0.125. The molecular weight excluding hydrogens is 250 g/mol. The lowest BCUT2D eigenvalue weighted by atomic mass is 9.86. The van der Waals surface area contributed by atoms with Crippen molar-refractivity contribution in [1.82, 2.24) is 5.32 Å². The molecule has 0 heterocycles. The normalized spacial score (nSPS) is 11.8. The van der Waals surface area contributed by atoms with Crippen molar-refractivity contribution in [3.05, 3.63) is 60.3 Å². The monoisotopic (exact) mass is 273 g/mol. The second-order valence-electron chi connectivity index (χ2n) is 5.24. The Balaban J connectivity index is 2.59. The first kappa shape index (κ1) is 16.0. The highest BCUT2D eigenvalue weighted by atomic mass is 16.5. The summed E-state index contributed by atoms with van der Waals surface area (Å²) in [7, 11) is 0. The number of rotatable bonds is 6. The van der Waals surface area contributed by atoms with Crippen molar-refractivity contribution in [1.29, 1.82) is 0 Å². The molecule has 1 amide bonds. The van der Waals surface area contributed by atoms with Gasteiger partial charge in [0.15, 0.2) is 0 Å². The highest BCUT2D eigenvalue weighted by molar-refractivity contribution is 5.70. The van der Waals surface area contributed by atoms with Crippen LogP contribution < -0.4 is 5.32 Å². The zero-order valence-electron chi connectivity index (χ0n) is 12.5. The molecule has 20 heavy (non-hydrogen) atoms. The van der Waals surface area contributed by atoms with Crippen molar-refractivity contribution in [2.24, 2.45) is 5.41 Å². The van der Waals surface area contributed by atoms with Gasteiger partial charge in [-0.05, 0) is 18.1 Å². The van der Waals surface area contributed by atoms with Crippen LogP contribution in [0.25, 0.3) is 0 Å². The Morgan fingerprint density at radius 3 is 2.55 bits per heavy atom. The van der Waals surface area contributed by atoms with Crippen LogP contribution in [0.1, 0.15) is 32.8 Å². The quantitative estimate of drug-likeness (QED) is 0.779. The summed E-state index contributed by atoms with van der Waals surface area (Å²) in [6.45, 7) is 10.2. The van der Waals surface area contributed by atoms with Crippen LogP contribution in [0.15, 0.2) is 54.8 Å². The average Bonchev–Trinajstić information content (AvgIpc) is 2.46. The summed E-state index contributed by atoms with van der Waals surface area (Å²) in [5.74, 6) is 0. The van der Waals surface area contributed by atoms with Crippen molar-refractivity contribution in [2.45, 2.75) is 33.8 Å². The Morgan fingerprint density at radius 2 is 2.00 bits per heavy atom. The van der Waals surface area contributed by atoms with Gasteiger partial charge < -0.3 is 4.74 Å². The summed E-state index contributed by atoms with van der Waals surface area (Å²) in [5, 5.41) is 2.81. The maximum absolute atomic E-state index is 11.9. The number of hydrogen-bond donors (Lipinski definition) is 1. The lowest BCUT2D eigenvalue weighted by Crippen LogP contribution is -2.31. The third kappa shape index (κ3) is 4.92. The summed E-state index contributed by atoms with van der Waals surface area (Å²) in [6, 6.07) is 9.60. The van der Waals surface area contributed by atoms with Crippen LogP contribution in [-0.4, -0.2) is 6.09 Å². The van der Waals surface area contributed by atoms with E-state index in [1.54, 1.807) is 6.08 Å². The lowest BCUT2D eigenvalue weighted by molar-refractivity contribution is 0.140. The maximum atomic E-state index is 11.9. The molecule has 0 spiro atoms. The predicted octanol–water partition coefficient (Wildman–Crippen LogP) is 4.42. The molecule has 108 valence electrons. The number of hydrogen-bond acceptors (Lipinski definition) is 2. The summed E-state index contributed by atoms with van der Waals surface area (Å²) in [5.41, 5.74) is 1.65. The molecule has 0 bridgehead atoms. The van der Waals surface area contributed by atoms with Crippen molar-refractivity contribution >= 4 is 6.09 Å². The summed E-state index contributed by atoms with van der Waals surface area (Å²) >= 11 is 0. The largest absolute Gasteiger partial charge is 0.444 e. The Morgan fingerprint density at radius 1 is 1.35 bits per heavy atom. The van der Waals surface area contributed by atoms with E-state index in [9.17, 15) is 4.79 Å². The maximum Gasteiger partial charge on any atom is 0.411 e. The molecule has 0 fully saturated rings. The van der Waals surface area contributed by atoms with E-state index >= 15 is 0 Å². The molecule has 0 saturated heterocycles. The highest BCUT2D eigenvalue weighted by Gasteiger charge is 2.22. The van der Waals surface area contributed by atoms with E-state index in [2.05, 4.69) is 32.7 Å². The van der Waals surface area contributed by atoms with Gasteiger partial charge in [-0.2, -0.15) is 0 Å². The van der Waals surface area contributed by atoms with Crippen LogP contribution in [0.3, 0.4) is 0 Å². The van der Waals surface area contributed by atoms with Crippen molar-refractivity contribution in [2.75, 3.05) is 0 Å². The van der Waals surface area contributed by atoms with Gasteiger partial charge in [0.2, 0.25) is 0 Å². The van der Waals surface area contributed by atoms with Crippen molar-refractivity contribution in [3.8, 4) is 0 Å². The van der Waals surface area contributed by atoms with Gasteiger partial charge in [-0.1, -0.05) is 63.8 Å². The molecule has 0 unspecified atom stereocenters. The van der Waals surface area contributed by atoms with Crippen LogP contribution in [-0.2, 0) is 11.3 Å². The molecule has 0 atom stereocenters. The molecule has 1 aromatic rings. The first-order valence-electron chi connectivity index (χ1n) is 6.80. The van der Waals surface area contributed by atoms with Crippen molar-refractivity contribution < 1.29 is 9.53 Å². The van der Waals surface area contributed by atoms with Gasteiger partial charge in [-0.3, -0.25) is 5.32 Å². The fourth-order valence-electron chi connectivity index (χ4n) is 1.61. The predicted molar refractivity (Wildman–Crippen MR) is 82.1 cm³/mol. The van der Waals surface area contributed by atoms with Gasteiger partial charge >= 0.3 is 6.09 Å². The number of nitrogens with one attached hydrogen (secondary N) is 1. The molecule has 0 aliphatic carbocycles. The van der Waals surface area contributed by atoms with E-state index in [1.165, 1.54) is 0 Å². The zero-order chi connectivity index (χ0) is 15.0. The Hall–Kier alpha value is -2.03. The Kier molecular flexibility index (Phi) is 6.04.